The van der Waals surface area contributed by atoms with Crippen LogP contribution < -0.4 is 0 Å². The number of aryl methyl sites for hydroxylation is 1. The number of nitrogens with zero attached hydrogens (tertiary/aromatic N) is 1. The Labute approximate surface area is 108 Å². The lowest BCUT2D eigenvalue weighted by molar-refractivity contribution is 0.0702. The summed E-state index contributed by atoms with van der Waals surface area (Å²) in [7, 11) is 0. The average molecular weight is 257 g/mol. The minimum Gasteiger partial charge on any atom is -0.477 e. The first-order valence-electron chi connectivity index (χ1n) is 5.57. The molecule has 0 aliphatic heterocycles. The molecule has 0 amide bonds. The number of carboxylic acid groups (broad SMARTS) is 1. The summed E-state index contributed by atoms with van der Waals surface area (Å²) in [5, 5.41) is 11.2. The first-order valence-corrected chi connectivity index (χ1v) is 6.38. The van der Waals surface area contributed by atoms with E-state index in [1.165, 1.54) is 11.3 Å². The number of hydrogen-bond acceptors (Lipinski definition) is 2. The number of carboxylic acids is 1. The van der Waals surface area contributed by atoms with Gasteiger partial charge in [0.15, 0.2) is 0 Å². The fraction of sp³-hybridized carbons (Fsp3) is 0.0714. The van der Waals surface area contributed by atoms with Gasteiger partial charge in [0.2, 0.25) is 0 Å². The topological polar surface area (TPSA) is 42.2 Å². The van der Waals surface area contributed by atoms with E-state index in [1.54, 1.807) is 6.07 Å². The first-order chi connectivity index (χ1) is 8.66. The maximum atomic E-state index is 11.0. The van der Waals surface area contributed by atoms with Gasteiger partial charge in [-0.2, -0.15) is 0 Å². The number of aromatic carboxylic acids is 1. The Kier molecular flexibility index (Phi) is 2.45. The Morgan fingerprint density at radius 3 is 2.78 bits per heavy atom. The molecule has 1 aromatic carbocycles. The zero-order valence-corrected chi connectivity index (χ0v) is 10.6. The van der Waals surface area contributed by atoms with Gasteiger partial charge in [-0.05, 0) is 36.1 Å². The van der Waals surface area contributed by atoms with E-state index in [0.29, 0.717) is 4.88 Å². The van der Waals surface area contributed by atoms with Gasteiger partial charge in [-0.25, -0.2) is 4.79 Å². The van der Waals surface area contributed by atoms with Crippen molar-refractivity contribution in [1.82, 2.24) is 4.57 Å². The van der Waals surface area contributed by atoms with Crippen molar-refractivity contribution < 1.29 is 9.90 Å². The molecule has 3 rings (SSSR count). The molecule has 0 unspecified atom stereocenters. The quantitative estimate of drug-likeness (QED) is 0.760. The highest BCUT2D eigenvalue weighted by molar-refractivity contribution is 7.16. The predicted molar refractivity (Wildman–Crippen MR) is 72.8 cm³/mol. The second kappa shape index (κ2) is 3.99. The molecule has 2 heterocycles. The summed E-state index contributed by atoms with van der Waals surface area (Å²) in [4.78, 5) is 11.4. The third kappa shape index (κ3) is 1.62. The van der Waals surface area contributed by atoms with Gasteiger partial charge >= 0.3 is 5.97 Å². The summed E-state index contributed by atoms with van der Waals surface area (Å²) in [5.41, 5.74) is 2.08. The molecule has 0 spiro atoms. The maximum Gasteiger partial charge on any atom is 0.345 e. The van der Waals surface area contributed by atoms with E-state index in [1.807, 2.05) is 48.0 Å². The van der Waals surface area contributed by atoms with Gasteiger partial charge in [-0.1, -0.05) is 18.2 Å². The summed E-state index contributed by atoms with van der Waals surface area (Å²) in [6.07, 6.45) is 1.98. The van der Waals surface area contributed by atoms with Gasteiger partial charge in [0.25, 0.3) is 0 Å². The van der Waals surface area contributed by atoms with Crippen LogP contribution >= 0.6 is 11.3 Å². The van der Waals surface area contributed by atoms with Crippen LogP contribution in [-0.2, 0) is 0 Å². The molecule has 0 radical (unpaired) electrons. The largest absolute Gasteiger partial charge is 0.477 e. The number of benzene rings is 1. The van der Waals surface area contributed by atoms with E-state index in [-0.39, 0.29) is 0 Å². The number of hydrogen-bond donors (Lipinski definition) is 1. The second-order valence-corrected chi connectivity index (χ2v) is 5.18. The summed E-state index contributed by atoms with van der Waals surface area (Å²) < 4.78 is 2.04. The fourth-order valence-corrected chi connectivity index (χ4v) is 3.09. The molecule has 0 bridgehead atoms. The SMILES string of the molecule is Cc1cc(C(=O)O)sc1-n1ccc2ccccc21. The lowest BCUT2D eigenvalue weighted by atomic mass is 10.2. The summed E-state index contributed by atoms with van der Waals surface area (Å²) in [6, 6.07) is 11.8. The Morgan fingerprint density at radius 1 is 1.28 bits per heavy atom. The van der Waals surface area contributed by atoms with E-state index in [4.69, 9.17) is 5.11 Å². The minimum atomic E-state index is -0.870. The molecule has 90 valence electrons. The molecule has 1 N–H and O–H groups in total. The molecular formula is C14H11NO2S. The molecule has 0 atom stereocenters. The van der Waals surface area contributed by atoms with Gasteiger partial charge in [-0.15, -0.1) is 11.3 Å². The number of aromatic nitrogens is 1. The fourth-order valence-electron chi connectivity index (χ4n) is 2.08. The zero-order chi connectivity index (χ0) is 12.7. The smallest absolute Gasteiger partial charge is 0.345 e. The molecular weight excluding hydrogens is 246 g/mol. The van der Waals surface area contributed by atoms with Gasteiger partial charge in [0, 0.05) is 6.20 Å². The van der Waals surface area contributed by atoms with Gasteiger partial charge < -0.3 is 9.67 Å². The van der Waals surface area contributed by atoms with Crippen molar-refractivity contribution in [3.05, 3.63) is 53.0 Å². The Bertz CT molecular complexity index is 739. The van der Waals surface area contributed by atoms with E-state index < -0.39 is 5.97 Å². The van der Waals surface area contributed by atoms with Crippen LogP contribution in [0.25, 0.3) is 15.9 Å². The number of thiophene rings is 1. The molecule has 0 fully saturated rings. The molecule has 18 heavy (non-hydrogen) atoms. The Balaban J connectivity index is 2.23. The van der Waals surface area contributed by atoms with Crippen LogP contribution in [0.3, 0.4) is 0 Å². The van der Waals surface area contributed by atoms with E-state index in [2.05, 4.69) is 0 Å². The van der Waals surface area contributed by atoms with Crippen LogP contribution in [0.1, 0.15) is 15.2 Å². The molecule has 0 saturated heterocycles. The average Bonchev–Trinajstić information content (AvgIpc) is 2.92. The number of rotatable bonds is 2. The van der Waals surface area contributed by atoms with Crippen molar-refractivity contribution >= 4 is 28.2 Å². The van der Waals surface area contributed by atoms with Gasteiger partial charge in [-0.3, -0.25) is 0 Å². The lowest BCUT2D eigenvalue weighted by Crippen LogP contribution is -1.90. The molecule has 0 aliphatic rings. The van der Waals surface area contributed by atoms with Crippen LogP contribution in [0.4, 0.5) is 0 Å². The van der Waals surface area contributed by atoms with Crippen LogP contribution in [0.15, 0.2) is 42.6 Å². The predicted octanol–water partition coefficient (Wildman–Crippen LogP) is 3.70. The number of carbonyl (C=O) groups is 1. The highest BCUT2D eigenvalue weighted by atomic mass is 32.1. The minimum absolute atomic E-state index is 0.375. The summed E-state index contributed by atoms with van der Waals surface area (Å²) in [6.45, 7) is 1.94. The Hall–Kier alpha value is -2.07. The standard InChI is InChI=1S/C14H11NO2S/c1-9-8-12(14(16)17)18-13(9)15-7-6-10-4-2-3-5-11(10)15/h2-8H,1H3,(H,16,17). The van der Waals surface area contributed by atoms with Crippen molar-refractivity contribution in [2.45, 2.75) is 6.92 Å². The third-order valence-corrected chi connectivity index (χ3v) is 4.15. The molecule has 0 aliphatic carbocycles. The van der Waals surface area contributed by atoms with Crippen LogP contribution in [0.5, 0.6) is 0 Å². The monoisotopic (exact) mass is 257 g/mol. The van der Waals surface area contributed by atoms with Crippen LogP contribution in [0, 0.1) is 6.92 Å². The Morgan fingerprint density at radius 2 is 2.06 bits per heavy atom. The summed E-state index contributed by atoms with van der Waals surface area (Å²) >= 11 is 1.30. The first kappa shape index (κ1) is 11.0. The second-order valence-electron chi connectivity index (χ2n) is 4.15. The van der Waals surface area contributed by atoms with Crippen LogP contribution in [-0.4, -0.2) is 15.6 Å². The highest BCUT2D eigenvalue weighted by Crippen LogP contribution is 2.29. The maximum absolute atomic E-state index is 11.0. The third-order valence-electron chi connectivity index (χ3n) is 2.92. The molecule has 3 nitrogen and oxygen atoms in total. The van der Waals surface area contributed by atoms with E-state index in [0.717, 1.165) is 21.5 Å². The number of para-hydroxylation sites is 1. The van der Waals surface area contributed by atoms with Crippen molar-refractivity contribution in [3.8, 4) is 5.00 Å². The van der Waals surface area contributed by atoms with Crippen LogP contribution in [0.2, 0.25) is 0 Å². The van der Waals surface area contributed by atoms with Crippen molar-refractivity contribution in [1.29, 1.82) is 0 Å². The summed E-state index contributed by atoms with van der Waals surface area (Å²) in [5.74, 6) is -0.870. The van der Waals surface area contributed by atoms with E-state index >= 15 is 0 Å². The molecule has 0 saturated carbocycles. The highest BCUT2D eigenvalue weighted by Gasteiger charge is 2.13. The zero-order valence-electron chi connectivity index (χ0n) is 9.75. The number of fused-ring (bicyclic) bond motifs is 1. The molecule has 4 heteroatoms. The molecule has 2 aromatic heterocycles. The van der Waals surface area contributed by atoms with Crippen molar-refractivity contribution in [2.24, 2.45) is 0 Å². The van der Waals surface area contributed by atoms with Crippen molar-refractivity contribution in [2.75, 3.05) is 0 Å². The van der Waals surface area contributed by atoms with E-state index in [9.17, 15) is 4.79 Å². The van der Waals surface area contributed by atoms with Gasteiger partial charge in [0.1, 0.15) is 9.88 Å². The normalized spacial score (nSPS) is 10.9. The van der Waals surface area contributed by atoms with Gasteiger partial charge in [0.05, 0.1) is 5.52 Å². The van der Waals surface area contributed by atoms with Crippen molar-refractivity contribution in [3.63, 3.8) is 0 Å². The lowest BCUT2D eigenvalue weighted by Gasteiger charge is -2.03. The molecule has 3 aromatic rings.